The van der Waals surface area contributed by atoms with Crippen LogP contribution in [0.15, 0.2) is 47.4 Å². The number of carbonyl (C=O) groups excluding carboxylic acids is 1. The number of amides is 1. The fraction of sp³-hybridized carbons (Fsp3) is 0.381. The molecule has 0 spiro atoms. The number of aryl methyl sites for hydroxylation is 1. The first kappa shape index (κ1) is 22.7. The highest BCUT2D eigenvalue weighted by molar-refractivity contribution is 7.89. The third kappa shape index (κ3) is 5.95. The summed E-state index contributed by atoms with van der Waals surface area (Å²) in [4.78, 5) is 12.7. The van der Waals surface area contributed by atoms with E-state index in [4.69, 9.17) is 9.47 Å². The zero-order valence-corrected chi connectivity index (χ0v) is 18.2. The van der Waals surface area contributed by atoms with Crippen LogP contribution < -0.4 is 19.5 Å². The monoisotopic (exact) mass is 420 g/mol. The molecule has 0 radical (unpaired) electrons. The Morgan fingerprint density at radius 1 is 1.07 bits per heavy atom. The topological polar surface area (TPSA) is 93.7 Å². The minimum absolute atomic E-state index is 0.0344. The van der Waals surface area contributed by atoms with Crippen molar-refractivity contribution in [3.63, 3.8) is 0 Å². The van der Waals surface area contributed by atoms with Gasteiger partial charge in [0.05, 0.1) is 17.7 Å². The number of para-hydroxylation sites is 1. The van der Waals surface area contributed by atoms with E-state index in [2.05, 4.69) is 10.0 Å². The molecule has 0 bridgehead atoms. The fourth-order valence-corrected chi connectivity index (χ4v) is 4.00. The van der Waals surface area contributed by atoms with Crippen molar-refractivity contribution in [2.75, 3.05) is 12.4 Å². The molecule has 7 nitrogen and oxygen atoms in total. The molecule has 0 heterocycles. The van der Waals surface area contributed by atoms with E-state index in [-0.39, 0.29) is 16.6 Å². The first-order valence-electron chi connectivity index (χ1n) is 9.43. The Labute approximate surface area is 172 Å². The van der Waals surface area contributed by atoms with Gasteiger partial charge in [0.25, 0.3) is 5.91 Å². The van der Waals surface area contributed by atoms with E-state index in [1.807, 2.05) is 31.2 Å². The van der Waals surface area contributed by atoms with E-state index < -0.39 is 22.0 Å². The largest absolute Gasteiger partial charge is 0.495 e. The third-order valence-corrected chi connectivity index (χ3v) is 5.81. The number of hydrogen-bond donors (Lipinski definition) is 2. The van der Waals surface area contributed by atoms with Crippen LogP contribution in [0.25, 0.3) is 0 Å². The molecule has 29 heavy (non-hydrogen) atoms. The second kappa shape index (κ2) is 9.76. The molecule has 0 aliphatic rings. The molecule has 2 aromatic rings. The molecule has 1 atom stereocenters. The van der Waals surface area contributed by atoms with Gasteiger partial charge in [0.2, 0.25) is 10.0 Å². The summed E-state index contributed by atoms with van der Waals surface area (Å²) < 4.78 is 38.5. The second-order valence-corrected chi connectivity index (χ2v) is 8.56. The Kier molecular flexibility index (Phi) is 7.64. The molecule has 0 saturated carbocycles. The summed E-state index contributed by atoms with van der Waals surface area (Å²) in [5.41, 5.74) is 1.25. The maximum atomic E-state index is 12.7. The molecule has 0 aliphatic heterocycles. The van der Waals surface area contributed by atoms with Crippen LogP contribution in [-0.4, -0.2) is 33.6 Å². The van der Waals surface area contributed by atoms with Gasteiger partial charge in [-0.3, -0.25) is 4.79 Å². The molecular weight excluding hydrogens is 392 g/mol. The lowest BCUT2D eigenvalue weighted by atomic mass is 10.1. The van der Waals surface area contributed by atoms with Crippen LogP contribution in [0.1, 0.15) is 33.3 Å². The number of methoxy groups -OCH3 is 1. The van der Waals surface area contributed by atoms with E-state index in [0.717, 1.165) is 12.0 Å². The number of anilines is 1. The molecule has 0 fully saturated rings. The van der Waals surface area contributed by atoms with Gasteiger partial charge in [-0.15, -0.1) is 0 Å². The molecule has 1 amide bonds. The average Bonchev–Trinajstić information content (AvgIpc) is 2.67. The zero-order chi connectivity index (χ0) is 21.6. The Balaban J connectivity index is 2.23. The molecular formula is C21H28N2O5S. The number of sulfonamides is 1. The molecule has 1 unspecified atom stereocenters. The van der Waals surface area contributed by atoms with E-state index in [1.165, 1.54) is 25.3 Å². The van der Waals surface area contributed by atoms with Crippen molar-refractivity contribution < 1.29 is 22.7 Å². The standard InChI is InChI=1S/C21H28N2O5S/c1-6-16-9-7-8-10-19(16)28-15(4)21(24)22-18-13-17(11-12-20(18)27-5)29(25,26)23-14(2)3/h7-15,23H,6H2,1-5H3,(H,22,24). The third-order valence-electron chi connectivity index (χ3n) is 4.16. The van der Waals surface area contributed by atoms with Gasteiger partial charge in [-0.05, 0) is 57.0 Å². The van der Waals surface area contributed by atoms with Gasteiger partial charge in [-0.1, -0.05) is 25.1 Å². The quantitative estimate of drug-likeness (QED) is 0.649. The maximum Gasteiger partial charge on any atom is 0.265 e. The van der Waals surface area contributed by atoms with Crippen molar-refractivity contribution in [1.82, 2.24) is 4.72 Å². The first-order chi connectivity index (χ1) is 13.7. The molecule has 0 aliphatic carbocycles. The van der Waals surface area contributed by atoms with Crippen LogP contribution >= 0.6 is 0 Å². The Morgan fingerprint density at radius 2 is 1.76 bits per heavy atom. The predicted octanol–water partition coefficient (Wildman–Crippen LogP) is 3.35. The number of ether oxygens (including phenoxy) is 2. The fourth-order valence-electron chi connectivity index (χ4n) is 2.72. The molecule has 8 heteroatoms. The van der Waals surface area contributed by atoms with Crippen molar-refractivity contribution in [2.24, 2.45) is 0 Å². The van der Waals surface area contributed by atoms with Crippen molar-refractivity contribution >= 4 is 21.6 Å². The van der Waals surface area contributed by atoms with Gasteiger partial charge < -0.3 is 14.8 Å². The van der Waals surface area contributed by atoms with Crippen LogP contribution in [0.4, 0.5) is 5.69 Å². The number of rotatable bonds is 9. The van der Waals surface area contributed by atoms with Gasteiger partial charge in [-0.2, -0.15) is 0 Å². The molecule has 0 saturated heterocycles. The van der Waals surface area contributed by atoms with Crippen molar-refractivity contribution in [3.8, 4) is 11.5 Å². The highest BCUT2D eigenvalue weighted by atomic mass is 32.2. The minimum Gasteiger partial charge on any atom is -0.495 e. The van der Waals surface area contributed by atoms with E-state index in [0.29, 0.717) is 11.5 Å². The van der Waals surface area contributed by atoms with Gasteiger partial charge in [0, 0.05) is 6.04 Å². The number of nitrogens with one attached hydrogen (secondary N) is 2. The minimum atomic E-state index is -3.71. The Hall–Kier alpha value is -2.58. The Bertz CT molecular complexity index is 957. The van der Waals surface area contributed by atoms with Gasteiger partial charge in [0.1, 0.15) is 11.5 Å². The van der Waals surface area contributed by atoms with Gasteiger partial charge >= 0.3 is 0 Å². The van der Waals surface area contributed by atoms with E-state index in [9.17, 15) is 13.2 Å². The van der Waals surface area contributed by atoms with E-state index >= 15 is 0 Å². The molecule has 2 aromatic carbocycles. The Morgan fingerprint density at radius 3 is 2.38 bits per heavy atom. The smallest absolute Gasteiger partial charge is 0.265 e. The normalized spacial score (nSPS) is 12.5. The SMILES string of the molecule is CCc1ccccc1OC(C)C(=O)Nc1cc(S(=O)(=O)NC(C)C)ccc1OC. The van der Waals surface area contributed by atoms with Crippen LogP contribution in [-0.2, 0) is 21.2 Å². The highest BCUT2D eigenvalue weighted by Crippen LogP contribution is 2.28. The zero-order valence-electron chi connectivity index (χ0n) is 17.4. The van der Waals surface area contributed by atoms with Crippen molar-refractivity contribution in [3.05, 3.63) is 48.0 Å². The lowest BCUT2D eigenvalue weighted by molar-refractivity contribution is -0.122. The predicted molar refractivity (Wildman–Crippen MR) is 113 cm³/mol. The highest BCUT2D eigenvalue weighted by Gasteiger charge is 2.21. The number of carbonyl (C=O) groups is 1. The van der Waals surface area contributed by atoms with Crippen molar-refractivity contribution in [2.45, 2.75) is 51.2 Å². The summed E-state index contributed by atoms with van der Waals surface area (Å²) in [5, 5.41) is 2.70. The summed E-state index contributed by atoms with van der Waals surface area (Å²) in [6.45, 7) is 7.11. The molecule has 2 rings (SSSR count). The summed E-state index contributed by atoms with van der Waals surface area (Å²) in [7, 11) is -2.26. The lowest BCUT2D eigenvalue weighted by Gasteiger charge is -2.18. The van der Waals surface area contributed by atoms with Crippen LogP contribution in [0.5, 0.6) is 11.5 Å². The maximum absolute atomic E-state index is 12.7. The first-order valence-corrected chi connectivity index (χ1v) is 10.9. The summed E-state index contributed by atoms with van der Waals surface area (Å²) in [5.74, 6) is 0.575. The second-order valence-electron chi connectivity index (χ2n) is 6.85. The number of benzene rings is 2. The van der Waals surface area contributed by atoms with Crippen molar-refractivity contribution in [1.29, 1.82) is 0 Å². The van der Waals surface area contributed by atoms with Gasteiger partial charge in [-0.25, -0.2) is 13.1 Å². The average molecular weight is 421 g/mol. The number of hydrogen-bond acceptors (Lipinski definition) is 5. The molecule has 0 aromatic heterocycles. The summed E-state index contributed by atoms with van der Waals surface area (Å²) in [6, 6.07) is 11.6. The molecule has 158 valence electrons. The van der Waals surface area contributed by atoms with Crippen LogP contribution in [0.3, 0.4) is 0 Å². The van der Waals surface area contributed by atoms with Crippen LogP contribution in [0, 0.1) is 0 Å². The van der Waals surface area contributed by atoms with Gasteiger partial charge in [0.15, 0.2) is 6.10 Å². The summed E-state index contributed by atoms with van der Waals surface area (Å²) in [6.07, 6.45) is -0.0115. The van der Waals surface area contributed by atoms with Crippen LogP contribution in [0.2, 0.25) is 0 Å². The lowest BCUT2D eigenvalue weighted by Crippen LogP contribution is -2.31. The molecule has 2 N–H and O–H groups in total. The van der Waals surface area contributed by atoms with E-state index in [1.54, 1.807) is 20.8 Å². The summed E-state index contributed by atoms with van der Waals surface area (Å²) >= 11 is 0.